The van der Waals surface area contributed by atoms with Gasteiger partial charge in [0.15, 0.2) is 23.0 Å². The lowest BCUT2D eigenvalue weighted by Crippen LogP contribution is -2.12. The summed E-state index contributed by atoms with van der Waals surface area (Å²) in [5, 5.41) is 18.8. The largest absolute Gasteiger partial charge is 0.477 e. The Bertz CT molecular complexity index is 1250. The van der Waals surface area contributed by atoms with Gasteiger partial charge in [0.2, 0.25) is 6.79 Å². The lowest BCUT2D eigenvalue weighted by atomic mass is 9.98. The van der Waals surface area contributed by atoms with Crippen LogP contribution in [0, 0.1) is 0 Å². The quantitative estimate of drug-likeness (QED) is 0.481. The van der Waals surface area contributed by atoms with Crippen LogP contribution in [0.3, 0.4) is 0 Å². The second-order valence-corrected chi connectivity index (χ2v) is 7.36. The molecule has 0 atom stereocenters. The van der Waals surface area contributed by atoms with Gasteiger partial charge >= 0.3 is 5.97 Å². The predicted octanol–water partition coefficient (Wildman–Crippen LogP) is 4.26. The first-order valence-electron chi connectivity index (χ1n) is 9.46. The van der Waals surface area contributed by atoms with Crippen molar-refractivity contribution < 1.29 is 23.9 Å². The zero-order valence-corrected chi connectivity index (χ0v) is 16.9. The van der Waals surface area contributed by atoms with Gasteiger partial charge in [-0.15, -0.1) is 0 Å². The molecule has 0 amide bonds. The molecule has 0 bridgehead atoms. The van der Waals surface area contributed by atoms with E-state index in [0.717, 1.165) is 5.56 Å². The molecule has 8 nitrogen and oxygen atoms in total. The van der Waals surface area contributed by atoms with Gasteiger partial charge in [-0.25, -0.2) is 9.48 Å². The molecule has 1 aliphatic rings. The number of fused-ring (bicyclic) bond motifs is 1. The number of halogens is 1. The lowest BCUT2D eigenvalue weighted by molar-refractivity contribution is 0.0682. The molecule has 0 radical (unpaired) electrons. The molecule has 0 fully saturated rings. The van der Waals surface area contributed by atoms with Gasteiger partial charge in [0.05, 0.1) is 11.9 Å². The van der Waals surface area contributed by atoms with Gasteiger partial charge in [0.25, 0.3) is 0 Å². The summed E-state index contributed by atoms with van der Waals surface area (Å²) in [6, 6.07) is 14.5. The number of carboxylic acid groups (broad SMARTS) is 1. The minimum absolute atomic E-state index is 0.0592. The Labute approximate surface area is 181 Å². The Balaban J connectivity index is 1.65. The van der Waals surface area contributed by atoms with Crippen LogP contribution in [0.25, 0.3) is 11.3 Å². The minimum Gasteiger partial charge on any atom is -0.477 e. The molecule has 1 aliphatic heterocycles. The fraction of sp³-hybridized carbons (Fsp3) is 0.136. The molecule has 4 aromatic rings. The monoisotopic (exact) mass is 437 g/mol. The van der Waals surface area contributed by atoms with Crippen LogP contribution in [0.4, 0.5) is 0 Å². The smallest absolute Gasteiger partial charge is 0.354 e. The van der Waals surface area contributed by atoms with Crippen LogP contribution in [0.2, 0.25) is 5.02 Å². The highest BCUT2D eigenvalue weighted by atomic mass is 35.5. The Morgan fingerprint density at radius 1 is 1.13 bits per heavy atom. The van der Waals surface area contributed by atoms with Crippen molar-refractivity contribution in [2.75, 3.05) is 6.79 Å². The van der Waals surface area contributed by atoms with Crippen molar-refractivity contribution in [3.05, 3.63) is 82.3 Å². The minimum atomic E-state index is -1.10. The molecule has 5 rings (SSSR count). The number of aromatic nitrogens is 3. The maximum Gasteiger partial charge on any atom is 0.354 e. The third-order valence-electron chi connectivity index (χ3n) is 5.01. The Morgan fingerprint density at radius 3 is 2.61 bits per heavy atom. The van der Waals surface area contributed by atoms with E-state index in [4.69, 9.17) is 25.6 Å². The average Bonchev–Trinajstić information content (AvgIpc) is 3.50. The molecule has 31 heavy (non-hydrogen) atoms. The van der Waals surface area contributed by atoms with Crippen LogP contribution >= 0.6 is 11.6 Å². The summed E-state index contributed by atoms with van der Waals surface area (Å²) in [5.74, 6) is 0.543. The summed E-state index contributed by atoms with van der Waals surface area (Å²) in [6.07, 6.45) is 1.75. The maximum atomic E-state index is 12.3. The van der Waals surface area contributed by atoms with Crippen LogP contribution in [0.15, 0.2) is 59.3 Å². The summed E-state index contributed by atoms with van der Waals surface area (Å²) in [4.78, 5) is 12.3. The summed E-state index contributed by atoms with van der Waals surface area (Å²) in [5.41, 5.74) is 2.67. The summed E-state index contributed by atoms with van der Waals surface area (Å²) in [7, 11) is 0. The van der Waals surface area contributed by atoms with Gasteiger partial charge in [0.1, 0.15) is 6.54 Å². The van der Waals surface area contributed by atoms with Crippen molar-refractivity contribution in [1.82, 2.24) is 14.9 Å². The normalized spacial score (nSPS) is 12.3. The van der Waals surface area contributed by atoms with E-state index in [2.05, 4.69) is 10.3 Å². The van der Waals surface area contributed by atoms with E-state index in [9.17, 15) is 9.90 Å². The van der Waals surface area contributed by atoms with Crippen molar-refractivity contribution in [2.24, 2.45) is 0 Å². The van der Waals surface area contributed by atoms with Crippen molar-refractivity contribution >= 4 is 17.6 Å². The van der Waals surface area contributed by atoms with Gasteiger partial charge in [-0.05, 0) is 11.6 Å². The average molecular weight is 438 g/mol. The first-order chi connectivity index (χ1) is 15.1. The first kappa shape index (κ1) is 19.2. The number of nitrogens with zero attached hydrogens (tertiary/aromatic N) is 3. The fourth-order valence-corrected chi connectivity index (χ4v) is 3.83. The van der Waals surface area contributed by atoms with Gasteiger partial charge in [-0.2, -0.15) is 5.10 Å². The van der Waals surface area contributed by atoms with Gasteiger partial charge in [0, 0.05) is 34.7 Å². The molecule has 0 saturated carbocycles. The van der Waals surface area contributed by atoms with Crippen LogP contribution in [0.1, 0.15) is 27.4 Å². The van der Waals surface area contributed by atoms with E-state index in [1.165, 1.54) is 10.9 Å². The number of benzene rings is 2. The summed E-state index contributed by atoms with van der Waals surface area (Å²) >= 11 is 6.48. The van der Waals surface area contributed by atoms with E-state index in [0.29, 0.717) is 39.1 Å². The molecule has 2 aromatic heterocycles. The van der Waals surface area contributed by atoms with Gasteiger partial charge in [-0.1, -0.05) is 47.1 Å². The molecule has 0 spiro atoms. The van der Waals surface area contributed by atoms with Crippen LogP contribution in [0.5, 0.6) is 11.5 Å². The molecule has 156 valence electrons. The first-order valence-corrected chi connectivity index (χ1v) is 9.84. The van der Waals surface area contributed by atoms with Crippen molar-refractivity contribution in [2.45, 2.75) is 13.0 Å². The van der Waals surface area contributed by atoms with E-state index < -0.39 is 5.97 Å². The molecule has 1 N–H and O–H groups in total. The number of carboxylic acids is 1. The predicted molar refractivity (Wildman–Crippen MR) is 111 cm³/mol. The molecular weight excluding hydrogens is 422 g/mol. The lowest BCUT2D eigenvalue weighted by Gasteiger charge is -2.09. The molecule has 0 saturated heterocycles. The van der Waals surface area contributed by atoms with Crippen LogP contribution in [-0.2, 0) is 13.0 Å². The van der Waals surface area contributed by atoms with E-state index in [1.807, 2.05) is 30.3 Å². The highest BCUT2D eigenvalue weighted by Crippen LogP contribution is 2.39. The summed E-state index contributed by atoms with van der Waals surface area (Å²) < 4.78 is 17.4. The highest BCUT2D eigenvalue weighted by Gasteiger charge is 2.26. The second-order valence-electron chi connectivity index (χ2n) is 6.96. The number of rotatable bonds is 6. The number of carbonyl (C=O) groups is 1. The van der Waals surface area contributed by atoms with Crippen LogP contribution in [-0.4, -0.2) is 32.8 Å². The Kier molecular flexibility index (Phi) is 4.83. The van der Waals surface area contributed by atoms with Crippen molar-refractivity contribution in [3.63, 3.8) is 0 Å². The molecule has 0 unspecified atom stereocenters. The zero-order valence-electron chi connectivity index (χ0n) is 16.1. The molecule has 2 aromatic carbocycles. The second kappa shape index (κ2) is 7.81. The fourth-order valence-electron chi connectivity index (χ4n) is 3.60. The highest BCUT2D eigenvalue weighted by molar-refractivity contribution is 6.31. The summed E-state index contributed by atoms with van der Waals surface area (Å²) in [6.45, 7) is 0.260. The van der Waals surface area contributed by atoms with Crippen molar-refractivity contribution in [1.29, 1.82) is 0 Å². The Hall–Kier alpha value is -3.78. The van der Waals surface area contributed by atoms with E-state index in [1.54, 1.807) is 18.2 Å². The zero-order chi connectivity index (χ0) is 21.4. The molecular formula is C22H16ClN3O5. The molecule has 3 heterocycles. The van der Waals surface area contributed by atoms with Gasteiger partial charge in [-0.3, -0.25) is 0 Å². The number of hydrogen-bond acceptors (Lipinski definition) is 6. The number of hydrogen-bond donors (Lipinski definition) is 1. The topological polar surface area (TPSA) is 99.6 Å². The van der Waals surface area contributed by atoms with E-state index in [-0.39, 0.29) is 25.5 Å². The Morgan fingerprint density at radius 2 is 1.90 bits per heavy atom. The number of aromatic carboxylic acids is 1. The third-order valence-corrected chi connectivity index (χ3v) is 5.36. The van der Waals surface area contributed by atoms with Crippen LogP contribution < -0.4 is 9.47 Å². The molecule has 9 heteroatoms. The molecule has 0 aliphatic carbocycles. The van der Waals surface area contributed by atoms with E-state index >= 15 is 0 Å². The standard InChI is InChI=1S/C22H16ClN3O5/c23-17-10-19-18(29-12-30-19)9-14(17)8-16-20(13-4-2-1-3-5-13)25-26(21(16)22(27)28)11-15-6-7-24-31-15/h1-7,9-10H,8,11-12H2,(H,27,28). The SMILES string of the molecule is O=C(O)c1c(Cc2cc3c(cc2Cl)OCO3)c(-c2ccccc2)nn1Cc1ccno1. The maximum absolute atomic E-state index is 12.3. The van der Waals surface area contributed by atoms with Crippen molar-refractivity contribution in [3.8, 4) is 22.8 Å². The third kappa shape index (κ3) is 3.62. The number of ether oxygens (including phenoxy) is 2. The van der Waals surface area contributed by atoms with Gasteiger partial charge < -0.3 is 19.1 Å².